The molecule has 0 amide bonds. The summed E-state index contributed by atoms with van der Waals surface area (Å²) >= 11 is 0. The summed E-state index contributed by atoms with van der Waals surface area (Å²) in [5.41, 5.74) is 1.76. The molecule has 5 heteroatoms. The highest BCUT2D eigenvalue weighted by Crippen LogP contribution is 2.23. The van der Waals surface area contributed by atoms with Crippen LogP contribution in [0.1, 0.15) is 29.8 Å². The maximum atomic E-state index is 12.6. The van der Waals surface area contributed by atoms with Gasteiger partial charge in [0.05, 0.1) is 5.56 Å². The molecule has 2 rings (SSSR count). The predicted octanol–water partition coefficient (Wildman–Crippen LogP) is 3.82. The molecule has 0 radical (unpaired) electrons. The van der Waals surface area contributed by atoms with Crippen LogP contribution in [0.15, 0.2) is 48.5 Å². The number of carbonyl (C=O) groups excluding carboxylic acids is 1. The van der Waals surface area contributed by atoms with E-state index in [1.165, 1.54) is 6.07 Å². The molecule has 0 aliphatic heterocycles. The molecule has 0 spiro atoms. The van der Waals surface area contributed by atoms with Crippen molar-refractivity contribution in [2.45, 2.75) is 13.8 Å². The molecule has 0 saturated carbocycles. The van der Waals surface area contributed by atoms with Gasteiger partial charge in [0.25, 0.3) is 0 Å². The Balaban J connectivity index is 2.29. The van der Waals surface area contributed by atoms with Crippen LogP contribution in [0.2, 0.25) is 0 Å². The lowest BCUT2D eigenvalue weighted by atomic mass is 10.0. The third-order valence-corrected chi connectivity index (χ3v) is 3.59. The summed E-state index contributed by atoms with van der Waals surface area (Å²) in [7, 11) is 0. The van der Waals surface area contributed by atoms with Crippen LogP contribution in [-0.2, 0) is 0 Å². The molecular weight excluding hydrogens is 294 g/mol. The maximum absolute atomic E-state index is 12.6. The van der Waals surface area contributed by atoms with Crippen molar-refractivity contribution in [3.8, 4) is 5.75 Å². The molecular formula is C18H19NO4. The first-order valence-electron chi connectivity index (χ1n) is 7.46. The van der Waals surface area contributed by atoms with E-state index in [1.807, 2.05) is 12.1 Å². The Morgan fingerprint density at radius 1 is 1.00 bits per heavy atom. The van der Waals surface area contributed by atoms with E-state index in [4.69, 9.17) is 5.11 Å². The number of hydrogen-bond donors (Lipinski definition) is 1. The third kappa shape index (κ3) is 3.88. The Bertz CT molecular complexity index is 690. The average Bonchev–Trinajstić information content (AvgIpc) is 2.56. The second-order valence-electron chi connectivity index (χ2n) is 4.91. The second kappa shape index (κ2) is 7.45. The minimum Gasteiger partial charge on any atom is -0.449 e. The van der Waals surface area contributed by atoms with Gasteiger partial charge in [0.2, 0.25) is 0 Å². The van der Waals surface area contributed by atoms with Gasteiger partial charge in [0.1, 0.15) is 5.75 Å². The quantitative estimate of drug-likeness (QED) is 0.499. The van der Waals surface area contributed by atoms with Gasteiger partial charge in [0.15, 0.2) is 5.78 Å². The molecule has 0 aromatic heterocycles. The lowest BCUT2D eigenvalue weighted by Gasteiger charge is -2.21. The number of benzene rings is 2. The van der Waals surface area contributed by atoms with E-state index < -0.39 is 6.16 Å². The molecule has 2 aromatic carbocycles. The number of rotatable bonds is 6. The standard InChI is InChI=1S/C18H19NO4/c1-3-19(4-2)14-11-9-13(10-12-14)17(20)15-7-5-6-8-16(15)23-18(21)22/h5-12H,3-4H2,1-2H3,(H,21,22). The number of nitrogens with zero attached hydrogens (tertiary/aromatic N) is 1. The van der Waals surface area contributed by atoms with Crippen LogP contribution >= 0.6 is 0 Å². The molecule has 0 bridgehead atoms. The van der Waals surface area contributed by atoms with Gasteiger partial charge >= 0.3 is 6.16 Å². The van der Waals surface area contributed by atoms with Crippen LogP contribution in [0.4, 0.5) is 10.5 Å². The molecule has 0 heterocycles. The predicted molar refractivity (Wildman–Crippen MR) is 88.5 cm³/mol. The van der Waals surface area contributed by atoms with Gasteiger partial charge in [-0.15, -0.1) is 0 Å². The van der Waals surface area contributed by atoms with Crippen LogP contribution in [0.5, 0.6) is 5.75 Å². The van der Waals surface area contributed by atoms with E-state index in [-0.39, 0.29) is 17.1 Å². The summed E-state index contributed by atoms with van der Waals surface area (Å²) in [4.78, 5) is 25.5. The fourth-order valence-corrected chi connectivity index (χ4v) is 2.41. The topological polar surface area (TPSA) is 66.8 Å². The number of carbonyl (C=O) groups is 2. The Morgan fingerprint density at radius 3 is 2.17 bits per heavy atom. The van der Waals surface area contributed by atoms with Crippen LogP contribution in [-0.4, -0.2) is 30.1 Å². The zero-order valence-electron chi connectivity index (χ0n) is 13.2. The van der Waals surface area contributed by atoms with Crippen LogP contribution in [0, 0.1) is 0 Å². The number of anilines is 1. The smallest absolute Gasteiger partial charge is 0.449 e. The number of carboxylic acid groups (broad SMARTS) is 1. The molecule has 0 atom stereocenters. The molecule has 23 heavy (non-hydrogen) atoms. The number of ether oxygens (including phenoxy) is 1. The number of hydrogen-bond acceptors (Lipinski definition) is 4. The zero-order valence-corrected chi connectivity index (χ0v) is 13.2. The van der Waals surface area contributed by atoms with Gasteiger partial charge in [-0.2, -0.15) is 0 Å². The van der Waals surface area contributed by atoms with Gasteiger partial charge in [0, 0.05) is 24.3 Å². The SMILES string of the molecule is CCN(CC)c1ccc(C(=O)c2ccccc2OC(=O)O)cc1. The Hall–Kier alpha value is -2.82. The van der Waals surface area contributed by atoms with Gasteiger partial charge in [-0.25, -0.2) is 4.79 Å². The fraction of sp³-hybridized carbons (Fsp3) is 0.222. The molecule has 2 aromatic rings. The minimum atomic E-state index is -1.44. The van der Waals surface area contributed by atoms with Gasteiger partial charge < -0.3 is 14.7 Å². The number of ketones is 1. The summed E-state index contributed by atoms with van der Waals surface area (Å²) in [5, 5.41) is 8.76. The Labute approximate surface area is 135 Å². The first-order valence-corrected chi connectivity index (χ1v) is 7.46. The van der Waals surface area contributed by atoms with E-state index in [0.717, 1.165) is 18.8 Å². The molecule has 0 aliphatic carbocycles. The molecule has 5 nitrogen and oxygen atoms in total. The zero-order chi connectivity index (χ0) is 16.8. The van der Waals surface area contributed by atoms with E-state index in [2.05, 4.69) is 23.5 Å². The van der Waals surface area contributed by atoms with Gasteiger partial charge in [-0.3, -0.25) is 4.79 Å². The van der Waals surface area contributed by atoms with Crippen LogP contribution < -0.4 is 9.64 Å². The van der Waals surface area contributed by atoms with E-state index >= 15 is 0 Å². The van der Waals surface area contributed by atoms with Crippen molar-refractivity contribution in [3.63, 3.8) is 0 Å². The largest absolute Gasteiger partial charge is 0.511 e. The summed E-state index contributed by atoms with van der Waals surface area (Å²) in [5.74, 6) is -0.231. The van der Waals surface area contributed by atoms with Crippen molar-refractivity contribution < 1.29 is 19.4 Å². The van der Waals surface area contributed by atoms with E-state index in [0.29, 0.717) is 5.56 Å². The lowest BCUT2D eigenvalue weighted by molar-refractivity contribution is 0.103. The monoisotopic (exact) mass is 313 g/mol. The second-order valence-corrected chi connectivity index (χ2v) is 4.91. The van der Waals surface area contributed by atoms with Crippen molar-refractivity contribution in [3.05, 3.63) is 59.7 Å². The fourth-order valence-electron chi connectivity index (χ4n) is 2.41. The highest BCUT2D eigenvalue weighted by Gasteiger charge is 2.16. The highest BCUT2D eigenvalue weighted by molar-refractivity contribution is 6.11. The summed E-state index contributed by atoms with van der Waals surface area (Å²) in [6.07, 6.45) is -1.44. The Kier molecular flexibility index (Phi) is 5.36. The first kappa shape index (κ1) is 16.5. The van der Waals surface area contributed by atoms with E-state index in [1.54, 1.807) is 30.3 Å². The summed E-state index contributed by atoms with van der Waals surface area (Å²) in [6.45, 7) is 5.92. The normalized spacial score (nSPS) is 10.2. The Morgan fingerprint density at radius 2 is 1.61 bits per heavy atom. The first-order chi connectivity index (χ1) is 11.1. The highest BCUT2D eigenvalue weighted by atomic mass is 16.7. The number of para-hydroxylation sites is 1. The van der Waals surface area contributed by atoms with Crippen molar-refractivity contribution in [2.24, 2.45) is 0 Å². The van der Waals surface area contributed by atoms with Gasteiger partial charge in [-0.1, -0.05) is 12.1 Å². The van der Waals surface area contributed by atoms with Gasteiger partial charge in [-0.05, 0) is 50.2 Å². The van der Waals surface area contributed by atoms with Crippen LogP contribution in [0.25, 0.3) is 0 Å². The average molecular weight is 313 g/mol. The van der Waals surface area contributed by atoms with Crippen LogP contribution in [0.3, 0.4) is 0 Å². The molecule has 1 N–H and O–H groups in total. The molecule has 120 valence electrons. The van der Waals surface area contributed by atoms with Crippen molar-refractivity contribution >= 4 is 17.6 Å². The van der Waals surface area contributed by atoms with Crippen molar-refractivity contribution in [2.75, 3.05) is 18.0 Å². The summed E-state index contributed by atoms with van der Waals surface area (Å²) in [6, 6.07) is 13.6. The third-order valence-electron chi connectivity index (χ3n) is 3.59. The molecule has 0 saturated heterocycles. The van der Waals surface area contributed by atoms with E-state index in [9.17, 15) is 9.59 Å². The molecule has 0 fully saturated rings. The summed E-state index contributed by atoms with van der Waals surface area (Å²) < 4.78 is 4.67. The molecule has 0 unspecified atom stereocenters. The van der Waals surface area contributed by atoms with Crippen molar-refractivity contribution in [1.29, 1.82) is 0 Å². The minimum absolute atomic E-state index is 0.0396. The maximum Gasteiger partial charge on any atom is 0.511 e. The lowest BCUT2D eigenvalue weighted by Crippen LogP contribution is -2.21. The molecule has 0 aliphatic rings. The van der Waals surface area contributed by atoms with Crippen molar-refractivity contribution in [1.82, 2.24) is 0 Å².